The van der Waals surface area contributed by atoms with Gasteiger partial charge in [-0.25, -0.2) is 0 Å². The standard InChI is InChI=1S/C7H13N.V/c1-7(2)4-5-8(3)6-7;/h1-2,4-6H2,3H3;/q-2;+2. The zero-order chi connectivity index (χ0) is 6.20. The third kappa shape index (κ3) is 2.75. The van der Waals surface area contributed by atoms with Crippen molar-refractivity contribution in [2.24, 2.45) is 5.41 Å². The predicted octanol–water partition coefficient (Wildman–Crippen LogP) is 0.974. The van der Waals surface area contributed by atoms with Crippen molar-refractivity contribution in [2.75, 3.05) is 20.1 Å². The van der Waals surface area contributed by atoms with E-state index in [1.165, 1.54) is 0 Å². The number of nitrogens with zero attached hydrogens (tertiary/aromatic N) is 1. The molecule has 0 spiro atoms. The summed E-state index contributed by atoms with van der Waals surface area (Å²) in [7, 11) is 2.11. The Morgan fingerprint density at radius 2 is 2.00 bits per heavy atom. The van der Waals surface area contributed by atoms with Crippen molar-refractivity contribution in [2.45, 2.75) is 6.42 Å². The zero-order valence-corrected chi connectivity index (χ0v) is 7.33. The Bertz CT molecular complexity index is 90.9. The maximum Gasteiger partial charge on any atom is 2.00 e. The Kier molecular flexibility index (Phi) is 3.28. The maximum atomic E-state index is 3.97. The van der Waals surface area contributed by atoms with Gasteiger partial charge in [0.05, 0.1) is 0 Å². The van der Waals surface area contributed by atoms with Crippen LogP contribution in [-0.4, -0.2) is 25.0 Å². The van der Waals surface area contributed by atoms with Gasteiger partial charge in [0.25, 0.3) is 0 Å². The second-order valence-electron chi connectivity index (χ2n) is 2.99. The summed E-state index contributed by atoms with van der Waals surface area (Å²) in [5.74, 6) is 0. The summed E-state index contributed by atoms with van der Waals surface area (Å²) in [6, 6.07) is 0. The molecule has 51 valence electrons. The number of rotatable bonds is 0. The first-order valence-corrected chi connectivity index (χ1v) is 2.99. The molecular weight excluding hydrogens is 149 g/mol. The van der Waals surface area contributed by atoms with E-state index in [1.54, 1.807) is 0 Å². The van der Waals surface area contributed by atoms with Crippen LogP contribution in [0.25, 0.3) is 0 Å². The van der Waals surface area contributed by atoms with E-state index in [1.807, 2.05) is 0 Å². The van der Waals surface area contributed by atoms with Crippen molar-refractivity contribution in [3.05, 3.63) is 13.8 Å². The Hall–Kier alpha value is 0.544. The van der Waals surface area contributed by atoms with Gasteiger partial charge in [0, 0.05) is 0 Å². The molecule has 0 saturated carbocycles. The van der Waals surface area contributed by atoms with Gasteiger partial charge in [0.15, 0.2) is 0 Å². The number of hydrogen-bond acceptors (Lipinski definition) is 1. The van der Waals surface area contributed by atoms with Crippen LogP contribution < -0.4 is 0 Å². The first kappa shape index (κ1) is 9.54. The molecule has 1 heterocycles. The van der Waals surface area contributed by atoms with Crippen LogP contribution >= 0.6 is 0 Å². The number of likely N-dealkylation sites (tertiary alicyclic amines) is 1. The molecule has 1 nitrogen and oxygen atoms in total. The van der Waals surface area contributed by atoms with Gasteiger partial charge in [-0.2, -0.15) is 0 Å². The number of hydrogen-bond donors (Lipinski definition) is 0. The van der Waals surface area contributed by atoms with Gasteiger partial charge >= 0.3 is 18.6 Å². The molecule has 1 fully saturated rings. The Labute approximate surface area is 69.7 Å². The first-order chi connectivity index (χ1) is 3.60. The van der Waals surface area contributed by atoms with Crippen LogP contribution in [0.15, 0.2) is 0 Å². The van der Waals surface area contributed by atoms with E-state index in [0.717, 1.165) is 19.5 Å². The summed E-state index contributed by atoms with van der Waals surface area (Å²) in [5.41, 5.74) is 0.0920. The maximum absolute atomic E-state index is 3.97. The van der Waals surface area contributed by atoms with Crippen LogP contribution in [0.5, 0.6) is 0 Å². The molecule has 0 atom stereocenters. The first-order valence-electron chi connectivity index (χ1n) is 2.99. The normalized spacial score (nSPS) is 25.7. The Morgan fingerprint density at radius 3 is 2.11 bits per heavy atom. The topological polar surface area (TPSA) is 3.24 Å². The molecule has 1 radical (unpaired) electrons. The van der Waals surface area contributed by atoms with Crippen molar-refractivity contribution in [3.63, 3.8) is 0 Å². The predicted molar refractivity (Wildman–Crippen MR) is 35.3 cm³/mol. The van der Waals surface area contributed by atoms with Gasteiger partial charge in [-0.1, -0.05) is 13.0 Å². The van der Waals surface area contributed by atoms with E-state index in [4.69, 9.17) is 0 Å². The molecule has 1 rings (SSSR count). The van der Waals surface area contributed by atoms with Gasteiger partial charge in [-0.3, -0.25) is 5.41 Å². The smallest absolute Gasteiger partial charge is 0.365 e. The SMILES string of the molecule is [CH2-]C1([CH2-])CCN(C)C1.[V+2]. The quantitative estimate of drug-likeness (QED) is 0.480. The Morgan fingerprint density at radius 1 is 1.44 bits per heavy atom. The molecule has 0 aromatic carbocycles. The average molecular weight is 162 g/mol. The minimum Gasteiger partial charge on any atom is -0.365 e. The van der Waals surface area contributed by atoms with Gasteiger partial charge in [0.1, 0.15) is 0 Å². The molecule has 9 heavy (non-hydrogen) atoms. The van der Waals surface area contributed by atoms with Gasteiger partial charge in [-0.05, 0) is 13.6 Å². The van der Waals surface area contributed by atoms with Gasteiger partial charge < -0.3 is 18.7 Å². The fraction of sp³-hybridized carbons (Fsp3) is 0.714. The summed E-state index contributed by atoms with van der Waals surface area (Å²) in [6.45, 7) is 10.1. The van der Waals surface area contributed by atoms with Crippen LogP contribution in [0.1, 0.15) is 6.42 Å². The van der Waals surface area contributed by atoms with E-state index >= 15 is 0 Å². The van der Waals surface area contributed by atoms with Gasteiger partial charge in [-0.15, -0.1) is 0 Å². The summed E-state index contributed by atoms with van der Waals surface area (Å²) in [5, 5.41) is 0. The van der Waals surface area contributed by atoms with Gasteiger partial charge in [0.2, 0.25) is 0 Å². The molecule has 0 aromatic rings. The van der Waals surface area contributed by atoms with Crippen molar-refractivity contribution < 1.29 is 18.6 Å². The summed E-state index contributed by atoms with van der Waals surface area (Å²) in [4.78, 5) is 2.26. The fourth-order valence-electron chi connectivity index (χ4n) is 1.16. The molecule has 1 aliphatic heterocycles. The molecular formula is C7H13NV. The molecule has 0 N–H and O–H groups in total. The monoisotopic (exact) mass is 162 g/mol. The van der Waals surface area contributed by atoms with E-state index in [9.17, 15) is 0 Å². The van der Waals surface area contributed by atoms with E-state index in [0.29, 0.717) is 0 Å². The van der Waals surface area contributed by atoms with Crippen LogP contribution in [0.3, 0.4) is 0 Å². The average Bonchev–Trinajstić information content (AvgIpc) is 1.82. The summed E-state index contributed by atoms with van der Waals surface area (Å²) in [6.07, 6.45) is 1.14. The molecule has 0 bridgehead atoms. The molecule has 0 aliphatic carbocycles. The third-order valence-electron chi connectivity index (χ3n) is 1.63. The van der Waals surface area contributed by atoms with Crippen LogP contribution in [-0.2, 0) is 18.6 Å². The Balaban J connectivity index is 0.000000640. The van der Waals surface area contributed by atoms with Crippen molar-refractivity contribution in [1.82, 2.24) is 4.90 Å². The van der Waals surface area contributed by atoms with Crippen LogP contribution in [0.4, 0.5) is 0 Å². The van der Waals surface area contributed by atoms with Crippen LogP contribution in [0, 0.1) is 19.3 Å². The van der Waals surface area contributed by atoms with E-state index in [2.05, 4.69) is 25.8 Å². The third-order valence-corrected chi connectivity index (χ3v) is 1.63. The van der Waals surface area contributed by atoms with Crippen LogP contribution in [0.2, 0.25) is 0 Å². The van der Waals surface area contributed by atoms with Crippen molar-refractivity contribution in [3.8, 4) is 0 Å². The zero-order valence-electron chi connectivity index (χ0n) is 5.93. The second-order valence-corrected chi connectivity index (χ2v) is 2.99. The minimum absolute atomic E-state index is 0. The van der Waals surface area contributed by atoms with Crippen molar-refractivity contribution >= 4 is 0 Å². The molecule has 0 amide bonds. The van der Waals surface area contributed by atoms with E-state index < -0.39 is 0 Å². The molecule has 2 heteroatoms. The van der Waals surface area contributed by atoms with E-state index in [-0.39, 0.29) is 24.0 Å². The second kappa shape index (κ2) is 3.09. The molecule has 1 aliphatic rings. The van der Waals surface area contributed by atoms with Crippen molar-refractivity contribution in [1.29, 1.82) is 0 Å². The summed E-state index contributed by atoms with van der Waals surface area (Å²) >= 11 is 0. The summed E-state index contributed by atoms with van der Waals surface area (Å²) < 4.78 is 0. The fourth-order valence-corrected chi connectivity index (χ4v) is 1.16. The molecule has 0 unspecified atom stereocenters. The minimum atomic E-state index is 0. The molecule has 0 aromatic heterocycles. The molecule has 1 saturated heterocycles. The largest absolute Gasteiger partial charge is 2.00 e.